The summed E-state index contributed by atoms with van der Waals surface area (Å²) in [6, 6.07) is 12.0. The minimum atomic E-state index is -1.89. The lowest BCUT2D eigenvalue weighted by molar-refractivity contribution is -0.384. The summed E-state index contributed by atoms with van der Waals surface area (Å²) in [5, 5.41) is 11.5. The van der Waals surface area contributed by atoms with Crippen LogP contribution in [0.1, 0.15) is 29.3 Å². The van der Waals surface area contributed by atoms with Crippen LogP contribution in [0.15, 0.2) is 54.6 Å². The van der Waals surface area contributed by atoms with Crippen LogP contribution in [0.4, 0.5) is 5.69 Å². The zero-order valence-corrected chi connectivity index (χ0v) is 19.0. The Labute approximate surface area is 195 Å². The van der Waals surface area contributed by atoms with Crippen molar-refractivity contribution in [3.05, 3.63) is 80.9 Å². The van der Waals surface area contributed by atoms with Crippen molar-refractivity contribution in [2.75, 3.05) is 14.2 Å². The van der Waals surface area contributed by atoms with E-state index in [-0.39, 0.29) is 17.7 Å². The number of carbonyl (C=O) groups is 3. The molecule has 1 saturated carbocycles. The number of hydrogen-bond donors (Lipinski definition) is 0. The molecule has 0 N–H and O–H groups in total. The molecule has 33 heavy (non-hydrogen) atoms. The van der Waals surface area contributed by atoms with Gasteiger partial charge in [0.05, 0.1) is 24.6 Å². The van der Waals surface area contributed by atoms with Gasteiger partial charge < -0.3 is 9.47 Å². The van der Waals surface area contributed by atoms with Gasteiger partial charge in [0.1, 0.15) is 0 Å². The molecule has 3 rings (SSSR count). The summed E-state index contributed by atoms with van der Waals surface area (Å²) in [6.07, 6.45) is 3.23. The van der Waals surface area contributed by atoms with Crippen LogP contribution in [-0.4, -0.2) is 36.9 Å². The second-order valence-electron chi connectivity index (χ2n) is 7.64. The minimum Gasteiger partial charge on any atom is -0.468 e. The van der Waals surface area contributed by atoms with Crippen molar-refractivity contribution in [2.24, 2.45) is 16.7 Å². The molecule has 0 saturated heterocycles. The van der Waals surface area contributed by atoms with E-state index in [9.17, 15) is 24.5 Å². The molecule has 8 nitrogen and oxygen atoms in total. The maximum atomic E-state index is 13.7. The molecule has 2 aromatic carbocycles. The number of nitro groups is 1. The number of esters is 2. The maximum absolute atomic E-state index is 13.7. The number of carbonyl (C=O) groups excluding carboxylic acids is 3. The SMILES string of the molecule is CC[C@@]1(C(=O)c2ccc(Cl)cc2)[C@H](/C=C/c2cccc([N+](=O)[O-])c2)C1(C(=O)OC)C(=O)OC. The number of hydrogen-bond acceptors (Lipinski definition) is 7. The number of halogens is 1. The van der Waals surface area contributed by atoms with E-state index < -0.39 is 39.4 Å². The number of non-ortho nitro benzene ring substituents is 1. The third-order valence-corrected chi connectivity index (χ3v) is 6.52. The van der Waals surface area contributed by atoms with Crippen LogP contribution >= 0.6 is 11.6 Å². The second kappa shape index (κ2) is 9.15. The van der Waals surface area contributed by atoms with Gasteiger partial charge in [-0.3, -0.25) is 24.5 Å². The first kappa shape index (κ1) is 24.1. The summed E-state index contributed by atoms with van der Waals surface area (Å²) in [6.45, 7) is 1.70. The van der Waals surface area contributed by atoms with Crippen LogP contribution in [0.25, 0.3) is 6.08 Å². The lowest BCUT2D eigenvalue weighted by Gasteiger charge is -2.20. The Morgan fingerprint density at radius 2 is 1.70 bits per heavy atom. The van der Waals surface area contributed by atoms with Crippen LogP contribution in [0, 0.1) is 26.9 Å². The van der Waals surface area contributed by atoms with Crippen LogP contribution < -0.4 is 0 Å². The number of allylic oxidation sites excluding steroid dienone is 1. The zero-order valence-electron chi connectivity index (χ0n) is 18.2. The highest BCUT2D eigenvalue weighted by Crippen LogP contribution is 2.74. The minimum absolute atomic E-state index is 0.112. The van der Waals surface area contributed by atoms with E-state index in [0.717, 1.165) is 14.2 Å². The van der Waals surface area contributed by atoms with E-state index >= 15 is 0 Å². The molecule has 0 heterocycles. The largest absolute Gasteiger partial charge is 0.468 e. The van der Waals surface area contributed by atoms with Gasteiger partial charge in [-0.05, 0) is 36.2 Å². The quantitative estimate of drug-likeness (QED) is 0.183. The molecule has 172 valence electrons. The van der Waals surface area contributed by atoms with Crippen molar-refractivity contribution in [1.29, 1.82) is 0 Å². The summed E-state index contributed by atoms with van der Waals surface area (Å²) in [7, 11) is 2.28. The van der Waals surface area contributed by atoms with E-state index in [4.69, 9.17) is 21.1 Å². The summed E-state index contributed by atoms with van der Waals surface area (Å²) in [5.74, 6) is -3.08. The highest BCUT2D eigenvalue weighted by atomic mass is 35.5. The van der Waals surface area contributed by atoms with Crippen molar-refractivity contribution in [2.45, 2.75) is 13.3 Å². The fraction of sp³-hybridized carbons (Fsp3) is 0.292. The van der Waals surface area contributed by atoms with Gasteiger partial charge in [-0.1, -0.05) is 42.8 Å². The molecule has 0 aromatic heterocycles. The van der Waals surface area contributed by atoms with Crippen molar-refractivity contribution in [1.82, 2.24) is 0 Å². The normalized spacial score (nSPS) is 20.8. The summed E-state index contributed by atoms with van der Waals surface area (Å²) < 4.78 is 9.92. The first-order valence-electron chi connectivity index (χ1n) is 10.1. The number of nitro benzene ring substituents is 1. The van der Waals surface area contributed by atoms with Gasteiger partial charge in [0.15, 0.2) is 11.2 Å². The first-order chi connectivity index (χ1) is 15.7. The molecule has 9 heteroatoms. The molecule has 2 aromatic rings. The molecule has 0 aliphatic heterocycles. The maximum Gasteiger partial charge on any atom is 0.324 e. The summed E-state index contributed by atoms with van der Waals surface area (Å²) >= 11 is 5.94. The van der Waals surface area contributed by atoms with Crippen LogP contribution in [0.5, 0.6) is 0 Å². The Kier molecular flexibility index (Phi) is 6.69. The summed E-state index contributed by atoms with van der Waals surface area (Å²) in [4.78, 5) is 50.3. The van der Waals surface area contributed by atoms with Gasteiger partial charge in [0, 0.05) is 28.6 Å². The molecule has 0 spiro atoms. The zero-order chi connectivity index (χ0) is 24.4. The molecule has 0 bridgehead atoms. The molecule has 1 aliphatic rings. The van der Waals surface area contributed by atoms with E-state index in [1.807, 2.05) is 0 Å². The average molecular weight is 472 g/mol. The van der Waals surface area contributed by atoms with E-state index in [1.54, 1.807) is 37.3 Å². The van der Waals surface area contributed by atoms with Gasteiger partial charge in [0.2, 0.25) is 0 Å². The Morgan fingerprint density at radius 3 is 2.21 bits per heavy atom. The molecular formula is C24H22ClNO7. The van der Waals surface area contributed by atoms with Gasteiger partial charge in [0.25, 0.3) is 5.69 Å². The number of methoxy groups -OCH3 is 2. The Balaban J connectivity index is 2.15. The fourth-order valence-electron chi connectivity index (χ4n) is 4.69. The molecule has 0 unspecified atom stereocenters. The molecule has 2 atom stereocenters. The van der Waals surface area contributed by atoms with Crippen LogP contribution in [0.2, 0.25) is 5.02 Å². The molecule has 0 radical (unpaired) electrons. The monoisotopic (exact) mass is 471 g/mol. The Morgan fingerprint density at radius 1 is 1.09 bits per heavy atom. The topological polar surface area (TPSA) is 113 Å². The van der Waals surface area contributed by atoms with Crippen LogP contribution in [-0.2, 0) is 19.1 Å². The number of rotatable bonds is 8. The number of nitrogens with zero attached hydrogens (tertiary/aromatic N) is 1. The van der Waals surface area contributed by atoms with E-state index in [1.165, 1.54) is 30.3 Å². The lowest BCUT2D eigenvalue weighted by atomic mass is 9.83. The van der Waals surface area contributed by atoms with Crippen molar-refractivity contribution >= 4 is 41.1 Å². The predicted octanol–water partition coefficient (Wildman–Crippen LogP) is 4.50. The lowest BCUT2D eigenvalue weighted by Crippen LogP contribution is -2.37. The molecule has 1 fully saturated rings. The van der Waals surface area contributed by atoms with Crippen molar-refractivity contribution in [3.8, 4) is 0 Å². The Bertz CT molecular complexity index is 1130. The van der Waals surface area contributed by atoms with E-state index in [2.05, 4.69) is 0 Å². The van der Waals surface area contributed by atoms with Gasteiger partial charge >= 0.3 is 11.9 Å². The molecule has 0 amide bonds. The molecule has 1 aliphatic carbocycles. The number of ether oxygens (including phenoxy) is 2. The third kappa shape index (κ3) is 3.70. The van der Waals surface area contributed by atoms with Crippen molar-refractivity contribution in [3.63, 3.8) is 0 Å². The van der Waals surface area contributed by atoms with Gasteiger partial charge in [-0.25, -0.2) is 0 Å². The molecular weight excluding hydrogens is 450 g/mol. The predicted molar refractivity (Wildman–Crippen MR) is 121 cm³/mol. The van der Waals surface area contributed by atoms with E-state index in [0.29, 0.717) is 10.6 Å². The number of Topliss-reactive ketones (excluding diaryl/α,β-unsaturated/α-hetero) is 1. The third-order valence-electron chi connectivity index (χ3n) is 6.26. The second-order valence-corrected chi connectivity index (χ2v) is 8.08. The van der Waals surface area contributed by atoms with Gasteiger partial charge in [-0.15, -0.1) is 0 Å². The van der Waals surface area contributed by atoms with Crippen LogP contribution in [0.3, 0.4) is 0 Å². The number of ketones is 1. The smallest absolute Gasteiger partial charge is 0.324 e. The summed E-state index contributed by atoms with van der Waals surface area (Å²) in [5.41, 5.74) is -2.70. The standard InChI is InChI=1S/C24H22ClNO7/c1-4-23(20(27)16-9-11-17(25)12-10-16)19(24(23,21(28)32-2)22(29)33-3)13-8-15-6-5-7-18(14-15)26(30)31/h5-14,19H,4H2,1-3H3/b13-8+/t19-,23-/m0/s1. The highest BCUT2D eigenvalue weighted by molar-refractivity contribution is 6.30. The van der Waals surface area contributed by atoms with Gasteiger partial charge in [-0.2, -0.15) is 0 Å². The first-order valence-corrected chi connectivity index (χ1v) is 10.5. The van der Waals surface area contributed by atoms with Crippen molar-refractivity contribution < 1.29 is 28.8 Å². The average Bonchev–Trinajstić information content (AvgIpc) is 3.45. The fourth-order valence-corrected chi connectivity index (χ4v) is 4.81. The highest BCUT2D eigenvalue weighted by Gasteiger charge is 2.87. The Hall–Kier alpha value is -3.52. The number of benzene rings is 2.